The number of hydrogen-bond donors (Lipinski definition) is 3. The van der Waals surface area contributed by atoms with Crippen LogP contribution in [0.25, 0.3) is 0 Å². The van der Waals surface area contributed by atoms with Crippen LogP contribution in [-0.4, -0.2) is 67.2 Å². The zero-order chi connectivity index (χ0) is 22.2. The van der Waals surface area contributed by atoms with Crippen LogP contribution < -0.4 is 5.32 Å². The molecule has 0 spiro atoms. The summed E-state index contributed by atoms with van der Waals surface area (Å²) in [5.74, 6) is 0. The van der Waals surface area contributed by atoms with Gasteiger partial charge < -0.3 is 25.2 Å². The van der Waals surface area contributed by atoms with E-state index in [9.17, 15) is 9.90 Å². The summed E-state index contributed by atoms with van der Waals surface area (Å²) in [5, 5.41) is 20.1. The molecule has 0 aliphatic carbocycles. The molecule has 0 saturated carbocycles. The number of urea groups is 1. The van der Waals surface area contributed by atoms with Gasteiger partial charge in [-0.2, -0.15) is 0 Å². The van der Waals surface area contributed by atoms with Crippen LogP contribution in [0, 0.1) is 0 Å². The number of methoxy groups -OCH3 is 1. The van der Waals surface area contributed by atoms with Crippen LogP contribution in [-0.2, 0) is 4.74 Å². The van der Waals surface area contributed by atoms with E-state index in [2.05, 4.69) is 19.2 Å². The van der Waals surface area contributed by atoms with Gasteiger partial charge in [0.15, 0.2) is 0 Å². The number of amides is 2. The van der Waals surface area contributed by atoms with Crippen LogP contribution >= 0.6 is 0 Å². The highest BCUT2D eigenvalue weighted by atomic mass is 16.5. The number of rotatable bonds is 18. The van der Waals surface area contributed by atoms with Crippen LogP contribution in [0.2, 0.25) is 0 Å². The Labute approximate surface area is 180 Å². The number of carbonyl (C=O) groups excluding carboxylic acids is 1. The van der Waals surface area contributed by atoms with E-state index in [0.29, 0.717) is 0 Å². The number of carbonyl (C=O) groups is 1. The molecule has 0 aliphatic heterocycles. The summed E-state index contributed by atoms with van der Waals surface area (Å²) in [6, 6.07) is -0.0535. The Morgan fingerprint density at radius 2 is 1.28 bits per heavy atom. The largest absolute Gasteiger partial charge is 0.397 e. The average molecular weight is 419 g/mol. The predicted molar refractivity (Wildman–Crippen MR) is 122 cm³/mol. The van der Waals surface area contributed by atoms with E-state index in [1.165, 1.54) is 64.2 Å². The van der Waals surface area contributed by atoms with Crippen LogP contribution in [0.3, 0.4) is 0 Å². The van der Waals surface area contributed by atoms with Crippen molar-refractivity contribution in [1.82, 2.24) is 10.2 Å². The molecule has 0 saturated heterocycles. The molecule has 0 bridgehead atoms. The Bertz CT molecular complexity index is 314. The van der Waals surface area contributed by atoms with Gasteiger partial charge in [-0.15, -0.1) is 0 Å². The topological polar surface area (TPSA) is 82.0 Å². The minimum atomic E-state index is -0.645. The van der Waals surface area contributed by atoms with Gasteiger partial charge in [0.2, 0.25) is 0 Å². The average Bonchev–Trinajstić information content (AvgIpc) is 2.70. The minimum Gasteiger partial charge on any atom is -0.397 e. The van der Waals surface area contributed by atoms with E-state index in [0.717, 1.165) is 25.9 Å². The van der Waals surface area contributed by atoms with E-state index < -0.39 is 6.10 Å². The first-order chi connectivity index (χ1) is 14.1. The fraction of sp³-hybridized carbons (Fsp3) is 0.957. The smallest absolute Gasteiger partial charge is 0.317 e. The highest BCUT2D eigenvalue weighted by molar-refractivity contribution is 5.74. The molecular weight excluding hydrogens is 368 g/mol. The lowest BCUT2D eigenvalue weighted by molar-refractivity contribution is 0.0648. The molecule has 6 nitrogen and oxygen atoms in total. The third-order valence-electron chi connectivity index (χ3n) is 4.70. The Morgan fingerprint density at radius 1 is 0.862 bits per heavy atom. The molecule has 0 rings (SSSR count). The Kier molecular flexibility index (Phi) is 26.4. The lowest BCUT2D eigenvalue weighted by atomic mass is 10.1. The normalized spacial score (nSPS) is 11.5. The molecule has 0 aromatic heterocycles. The molecule has 29 heavy (non-hydrogen) atoms. The summed E-state index contributed by atoms with van der Waals surface area (Å²) >= 11 is 0. The maximum Gasteiger partial charge on any atom is 0.317 e. The van der Waals surface area contributed by atoms with Crippen molar-refractivity contribution in [1.29, 1.82) is 0 Å². The Hall–Kier alpha value is -0.850. The number of unbranched alkanes of at least 4 members (excludes halogenated alkanes) is 10. The molecule has 0 aromatic carbocycles. The molecule has 2 amide bonds. The summed E-state index contributed by atoms with van der Waals surface area (Å²) < 4.78 is 4.90. The molecule has 0 radical (unpaired) electrons. The lowest BCUT2D eigenvalue weighted by Gasteiger charge is -2.24. The van der Waals surface area contributed by atoms with E-state index in [-0.39, 0.29) is 25.8 Å². The van der Waals surface area contributed by atoms with Crippen molar-refractivity contribution in [2.24, 2.45) is 0 Å². The number of nitrogens with zero attached hydrogens (tertiary/aromatic N) is 1. The molecule has 0 aromatic rings. The first-order valence-electron chi connectivity index (χ1n) is 11.9. The third-order valence-corrected chi connectivity index (χ3v) is 4.70. The van der Waals surface area contributed by atoms with Crippen LogP contribution in [0.4, 0.5) is 4.79 Å². The fourth-order valence-electron chi connectivity index (χ4n) is 3.05. The van der Waals surface area contributed by atoms with Crippen molar-refractivity contribution in [2.45, 2.75) is 104 Å². The lowest BCUT2D eigenvalue weighted by Crippen LogP contribution is -2.44. The van der Waals surface area contributed by atoms with Gasteiger partial charge in [-0.25, -0.2) is 4.79 Å². The van der Waals surface area contributed by atoms with Gasteiger partial charge in [0.1, 0.15) is 0 Å². The Balaban J connectivity index is 0. The van der Waals surface area contributed by atoms with Gasteiger partial charge in [0, 0.05) is 33.4 Å². The summed E-state index contributed by atoms with van der Waals surface area (Å²) in [6.45, 7) is 8.50. The zero-order valence-electron chi connectivity index (χ0n) is 19.8. The van der Waals surface area contributed by atoms with Crippen molar-refractivity contribution < 1.29 is 19.7 Å². The number of hydrogen-bond acceptors (Lipinski definition) is 4. The summed E-state index contributed by atoms with van der Waals surface area (Å²) in [4.78, 5) is 14.4. The van der Waals surface area contributed by atoms with E-state index in [1.807, 2.05) is 4.90 Å². The number of ether oxygens (including phenoxy) is 1. The minimum absolute atomic E-state index is 0.0535. The van der Waals surface area contributed by atoms with Crippen LogP contribution in [0.1, 0.15) is 97.8 Å². The molecule has 6 heteroatoms. The van der Waals surface area contributed by atoms with Gasteiger partial charge in [0.25, 0.3) is 0 Å². The predicted octanol–water partition coefficient (Wildman–Crippen LogP) is 4.72. The standard InChI is InChI=1S/C21H44N2O3.C2H6O/c1-4-6-8-10-12-14-16-23(17-15-13-11-9-7-5-2)21(25)22-18-20(24)19-26-3;1-2-3/h20,24H,4-19H2,1-3H3,(H,22,25);3H,2H2,1H3. The summed E-state index contributed by atoms with van der Waals surface area (Å²) in [6.07, 6.45) is 14.1. The molecule has 1 unspecified atom stereocenters. The molecule has 1 atom stereocenters. The quantitative estimate of drug-likeness (QED) is 0.281. The molecule has 3 N–H and O–H groups in total. The first kappa shape index (κ1) is 30.3. The van der Waals surface area contributed by atoms with Crippen LogP contribution in [0.15, 0.2) is 0 Å². The Morgan fingerprint density at radius 3 is 1.69 bits per heavy atom. The highest BCUT2D eigenvalue weighted by Crippen LogP contribution is 2.09. The highest BCUT2D eigenvalue weighted by Gasteiger charge is 2.14. The second kappa shape index (κ2) is 25.2. The number of nitrogens with one attached hydrogen (secondary N) is 1. The van der Waals surface area contributed by atoms with Crippen molar-refractivity contribution >= 4 is 6.03 Å². The maximum atomic E-state index is 12.4. The van der Waals surface area contributed by atoms with Crippen molar-refractivity contribution in [3.05, 3.63) is 0 Å². The third kappa shape index (κ3) is 23.3. The van der Waals surface area contributed by atoms with E-state index in [1.54, 1.807) is 14.0 Å². The second-order valence-corrected chi connectivity index (χ2v) is 7.63. The van der Waals surface area contributed by atoms with Crippen molar-refractivity contribution in [2.75, 3.05) is 40.0 Å². The van der Waals surface area contributed by atoms with Crippen molar-refractivity contribution in [3.63, 3.8) is 0 Å². The van der Waals surface area contributed by atoms with E-state index >= 15 is 0 Å². The van der Waals surface area contributed by atoms with Gasteiger partial charge in [-0.3, -0.25) is 0 Å². The van der Waals surface area contributed by atoms with Gasteiger partial charge in [-0.05, 0) is 19.8 Å². The number of aliphatic hydroxyl groups is 2. The summed E-state index contributed by atoms with van der Waals surface area (Å²) in [7, 11) is 1.55. The van der Waals surface area contributed by atoms with Gasteiger partial charge in [-0.1, -0.05) is 78.1 Å². The molecular formula is C23H50N2O4. The summed E-state index contributed by atoms with van der Waals surface area (Å²) in [5.41, 5.74) is 0. The van der Waals surface area contributed by atoms with Crippen LogP contribution in [0.5, 0.6) is 0 Å². The van der Waals surface area contributed by atoms with Gasteiger partial charge in [0.05, 0.1) is 12.7 Å². The number of aliphatic hydroxyl groups excluding tert-OH is 2. The zero-order valence-corrected chi connectivity index (χ0v) is 19.8. The molecule has 0 fully saturated rings. The fourth-order valence-corrected chi connectivity index (χ4v) is 3.05. The molecule has 0 aliphatic rings. The van der Waals surface area contributed by atoms with Crippen molar-refractivity contribution in [3.8, 4) is 0 Å². The molecule has 0 heterocycles. The van der Waals surface area contributed by atoms with E-state index in [4.69, 9.17) is 9.84 Å². The molecule has 176 valence electrons. The monoisotopic (exact) mass is 418 g/mol. The SMILES string of the molecule is CCCCCCCCN(CCCCCCCC)C(=O)NCC(O)COC.CCO. The maximum absolute atomic E-state index is 12.4. The second-order valence-electron chi connectivity index (χ2n) is 7.63. The van der Waals surface area contributed by atoms with Gasteiger partial charge >= 0.3 is 6.03 Å². The first-order valence-corrected chi connectivity index (χ1v) is 11.9.